The summed E-state index contributed by atoms with van der Waals surface area (Å²) in [6.07, 6.45) is 8.21. The van der Waals surface area contributed by atoms with E-state index < -0.39 is 5.54 Å². The molecular weight excluding hydrogens is 254 g/mol. The van der Waals surface area contributed by atoms with Gasteiger partial charge in [0.25, 0.3) is 0 Å². The van der Waals surface area contributed by atoms with E-state index in [4.69, 9.17) is 9.47 Å². The zero-order valence-corrected chi connectivity index (χ0v) is 13.5. The summed E-state index contributed by atoms with van der Waals surface area (Å²) < 4.78 is 10.8. The van der Waals surface area contributed by atoms with E-state index in [1.54, 1.807) is 7.05 Å². The lowest BCUT2D eigenvalue weighted by atomic mass is 9.89. The van der Waals surface area contributed by atoms with Crippen LogP contribution >= 0.6 is 0 Å². The van der Waals surface area contributed by atoms with Gasteiger partial charge in [0, 0.05) is 6.61 Å². The van der Waals surface area contributed by atoms with Crippen molar-refractivity contribution in [2.45, 2.75) is 70.4 Å². The number of rotatable bonds is 8. The summed E-state index contributed by atoms with van der Waals surface area (Å²) in [5.41, 5.74) is -0.574. The summed E-state index contributed by atoms with van der Waals surface area (Å²) in [7, 11) is 3.24. The molecule has 0 aromatic heterocycles. The molecule has 1 rings (SSSR count). The first-order valence-corrected chi connectivity index (χ1v) is 7.90. The third-order valence-electron chi connectivity index (χ3n) is 4.58. The first-order valence-electron chi connectivity index (χ1n) is 7.90. The van der Waals surface area contributed by atoms with E-state index in [1.807, 2.05) is 6.92 Å². The molecule has 1 N–H and O–H groups in total. The van der Waals surface area contributed by atoms with Crippen LogP contribution in [-0.4, -0.2) is 38.4 Å². The molecule has 0 saturated heterocycles. The van der Waals surface area contributed by atoms with Crippen molar-refractivity contribution in [3.63, 3.8) is 0 Å². The van der Waals surface area contributed by atoms with Gasteiger partial charge in [-0.2, -0.15) is 0 Å². The van der Waals surface area contributed by atoms with Gasteiger partial charge in [0.2, 0.25) is 0 Å². The fourth-order valence-corrected chi connectivity index (χ4v) is 2.78. The minimum atomic E-state index is -0.574. The number of unbranched alkanes of at least 4 members (excludes halogenated alkanes) is 1. The van der Waals surface area contributed by atoms with E-state index in [0.717, 1.165) is 31.8 Å². The Kier molecular flexibility index (Phi) is 7.52. The second-order valence-corrected chi connectivity index (χ2v) is 6.28. The van der Waals surface area contributed by atoms with Crippen LogP contribution in [0.25, 0.3) is 0 Å². The first-order chi connectivity index (χ1) is 9.51. The SMILES string of the molecule is CNC(C)(CCCCOC1CCC(C)CC1)C(=O)OC. The van der Waals surface area contributed by atoms with E-state index in [0.29, 0.717) is 6.10 Å². The monoisotopic (exact) mass is 285 g/mol. The lowest BCUT2D eigenvalue weighted by Crippen LogP contribution is -2.48. The molecule has 1 fully saturated rings. The van der Waals surface area contributed by atoms with E-state index in [1.165, 1.54) is 32.8 Å². The third-order valence-corrected chi connectivity index (χ3v) is 4.58. The van der Waals surface area contributed by atoms with Crippen LogP contribution in [0.1, 0.15) is 58.8 Å². The molecule has 0 heterocycles. The molecule has 20 heavy (non-hydrogen) atoms. The molecule has 118 valence electrons. The molecule has 1 saturated carbocycles. The number of esters is 1. The Hall–Kier alpha value is -0.610. The minimum absolute atomic E-state index is 0.192. The van der Waals surface area contributed by atoms with Gasteiger partial charge in [-0.15, -0.1) is 0 Å². The van der Waals surface area contributed by atoms with Gasteiger partial charge in [0.1, 0.15) is 5.54 Å². The van der Waals surface area contributed by atoms with Crippen molar-refractivity contribution >= 4 is 5.97 Å². The van der Waals surface area contributed by atoms with E-state index in [9.17, 15) is 4.79 Å². The van der Waals surface area contributed by atoms with Crippen molar-refractivity contribution in [3.05, 3.63) is 0 Å². The zero-order valence-electron chi connectivity index (χ0n) is 13.5. The van der Waals surface area contributed by atoms with Crippen LogP contribution in [0.3, 0.4) is 0 Å². The number of likely N-dealkylation sites (N-methyl/N-ethyl adjacent to an activating group) is 1. The van der Waals surface area contributed by atoms with Gasteiger partial charge in [-0.3, -0.25) is 4.79 Å². The van der Waals surface area contributed by atoms with Gasteiger partial charge >= 0.3 is 5.97 Å². The van der Waals surface area contributed by atoms with Crippen molar-refractivity contribution < 1.29 is 14.3 Å². The van der Waals surface area contributed by atoms with Crippen molar-refractivity contribution in [3.8, 4) is 0 Å². The minimum Gasteiger partial charge on any atom is -0.468 e. The van der Waals surface area contributed by atoms with Crippen LogP contribution in [0, 0.1) is 5.92 Å². The third kappa shape index (κ3) is 5.41. The van der Waals surface area contributed by atoms with Crippen LogP contribution < -0.4 is 5.32 Å². The number of ether oxygens (including phenoxy) is 2. The van der Waals surface area contributed by atoms with Crippen molar-refractivity contribution in [1.82, 2.24) is 5.32 Å². The molecule has 0 radical (unpaired) electrons. The fourth-order valence-electron chi connectivity index (χ4n) is 2.78. The number of carbonyl (C=O) groups is 1. The molecule has 0 aliphatic heterocycles. The van der Waals surface area contributed by atoms with E-state index in [-0.39, 0.29) is 5.97 Å². The second kappa shape index (κ2) is 8.63. The molecule has 0 aromatic carbocycles. The summed E-state index contributed by atoms with van der Waals surface area (Å²) >= 11 is 0. The lowest BCUT2D eigenvalue weighted by molar-refractivity contribution is -0.148. The topological polar surface area (TPSA) is 47.6 Å². The van der Waals surface area contributed by atoms with Crippen molar-refractivity contribution in [2.24, 2.45) is 5.92 Å². The fraction of sp³-hybridized carbons (Fsp3) is 0.938. The quantitative estimate of drug-likeness (QED) is 0.550. The van der Waals surface area contributed by atoms with Crippen LogP contribution in [0.5, 0.6) is 0 Å². The molecule has 4 nitrogen and oxygen atoms in total. The predicted molar refractivity (Wildman–Crippen MR) is 80.7 cm³/mol. The Labute approximate surface area is 123 Å². The van der Waals surface area contributed by atoms with Crippen LogP contribution in [0.4, 0.5) is 0 Å². The number of hydrogen-bond donors (Lipinski definition) is 1. The van der Waals surface area contributed by atoms with Crippen LogP contribution in [-0.2, 0) is 14.3 Å². The second-order valence-electron chi connectivity index (χ2n) is 6.28. The molecule has 4 heteroatoms. The molecule has 0 aromatic rings. The highest BCUT2D eigenvalue weighted by molar-refractivity contribution is 5.80. The summed E-state index contributed by atoms with van der Waals surface area (Å²) in [5.74, 6) is 0.674. The van der Waals surface area contributed by atoms with Gasteiger partial charge in [0.05, 0.1) is 13.2 Å². The molecule has 1 atom stereocenters. The van der Waals surface area contributed by atoms with Gasteiger partial charge in [-0.25, -0.2) is 0 Å². The number of carbonyl (C=O) groups excluding carboxylic acids is 1. The van der Waals surface area contributed by atoms with Crippen LogP contribution in [0.15, 0.2) is 0 Å². The lowest BCUT2D eigenvalue weighted by Gasteiger charge is -2.27. The molecule has 1 aliphatic carbocycles. The van der Waals surface area contributed by atoms with Gasteiger partial charge < -0.3 is 14.8 Å². The highest BCUT2D eigenvalue weighted by Crippen LogP contribution is 2.25. The molecule has 0 spiro atoms. The Balaban J connectivity index is 2.13. The van der Waals surface area contributed by atoms with Crippen molar-refractivity contribution in [1.29, 1.82) is 0 Å². The normalized spacial score (nSPS) is 26.0. The highest BCUT2D eigenvalue weighted by Gasteiger charge is 2.31. The first kappa shape index (κ1) is 17.4. The maximum Gasteiger partial charge on any atom is 0.325 e. The molecule has 1 unspecified atom stereocenters. The van der Waals surface area contributed by atoms with E-state index >= 15 is 0 Å². The smallest absolute Gasteiger partial charge is 0.325 e. The molecular formula is C16H31NO3. The Morgan fingerprint density at radius 3 is 2.45 bits per heavy atom. The average Bonchev–Trinajstić information content (AvgIpc) is 2.47. The summed E-state index contributed by atoms with van der Waals surface area (Å²) in [6, 6.07) is 0. The zero-order chi connectivity index (χ0) is 15.0. The summed E-state index contributed by atoms with van der Waals surface area (Å²) in [4.78, 5) is 11.7. The van der Waals surface area contributed by atoms with Crippen LogP contribution in [0.2, 0.25) is 0 Å². The average molecular weight is 285 g/mol. The Bertz CT molecular complexity index is 287. The number of nitrogens with one attached hydrogen (secondary N) is 1. The predicted octanol–water partition coefficient (Wildman–Crippen LogP) is 2.90. The Morgan fingerprint density at radius 2 is 1.90 bits per heavy atom. The Morgan fingerprint density at radius 1 is 1.25 bits per heavy atom. The van der Waals surface area contributed by atoms with Gasteiger partial charge in [0.15, 0.2) is 0 Å². The largest absolute Gasteiger partial charge is 0.468 e. The maximum absolute atomic E-state index is 11.7. The van der Waals surface area contributed by atoms with Gasteiger partial charge in [-0.05, 0) is 64.8 Å². The standard InChI is InChI=1S/C16H31NO3/c1-13-7-9-14(10-8-13)20-12-6-5-11-16(2,17-3)15(18)19-4/h13-14,17H,5-12H2,1-4H3. The van der Waals surface area contributed by atoms with Gasteiger partial charge in [-0.1, -0.05) is 6.92 Å². The number of methoxy groups -OCH3 is 1. The molecule has 0 amide bonds. The summed E-state index contributed by atoms with van der Waals surface area (Å²) in [5, 5.41) is 3.06. The highest BCUT2D eigenvalue weighted by atomic mass is 16.5. The molecule has 0 bridgehead atoms. The number of hydrogen-bond acceptors (Lipinski definition) is 4. The molecule has 1 aliphatic rings. The van der Waals surface area contributed by atoms with Crippen molar-refractivity contribution in [2.75, 3.05) is 20.8 Å². The van der Waals surface area contributed by atoms with E-state index in [2.05, 4.69) is 12.2 Å². The summed E-state index contributed by atoms with van der Waals surface area (Å²) in [6.45, 7) is 5.02. The maximum atomic E-state index is 11.7.